The second-order valence-electron chi connectivity index (χ2n) is 4.48. The van der Waals surface area contributed by atoms with E-state index in [1.165, 1.54) is 0 Å². The van der Waals surface area contributed by atoms with Crippen LogP contribution in [0.25, 0.3) is 0 Å². The third-order valence-corrected chi connectivity index (χ3v) is 2.87. The fourth-order valence-electron chi connectivity index (χ4n) is 1.82. The third-order valence-electron chi connectivity index (χ3n) is 2.87. The van der Waals surface area contributed by atoms with Crippen LogP contribution in [-0.2, 0) is 6.42 Å². The summed E-state index contributed by atoms with van der Waals surface area (Å²) in [6, 6.07) is 11.5. The number of rotatable bonds is 4. The number of benzene rings is 2. The van der Waals surface area contributed by atoms with E-state index in [1.807, 2.05) is 30.3 Å². The van der Waals surface area contributed by atoms with Gasteiger partial charge in [0.15, 0.2) is 17.2 Å². The molecule has 0 unspecified atom stereocenters. The van der Waals surface area contributed by atoms with Crippen LogP contribution in [0.5, 0.6) is 17.2 Å². The summed E-state index contributed by atoms with van der Waals surface area (Å²) in [6.45, 7) is 0.450. The van der Waals surface area contributed by atoms with Gasteiger partial charge >= 0.3 is 6.03 Å². The fourth-order valence-corrected chi connectivity index (χ4v) is 1.82. The molecule has 2 rings (SSSR count). The lowest BCUT2D eigenvalue weighted by atomic mass is 10.1. The minimum absolute atomic E-state index is 0.181. The van der Waals surface area contributed by atoms with Crippen molar-refractivity contribution in [2.75, 3.05) is 11.9 Å². The van der Waals surface area contributed by atoms with Crippen LogP contribution in [0, 0.1) is 0 Å². The maximum atomic E-state index is 11.7. The summed E-state index contributed by atoms with van der Waals surface area (Å²) in [5.41, 5.74) is 1.29. The van der Waals surface area contributed by atoms with E-state index in [0.717, 1.165) is 17.7 Å². The first kappa shape index (κ1) is 14.5. The number of urea groups is 1. The van der Waals surface area contributed by atoms with Gasteiger partial charge in [-0.25, -0.2) is 4.79 Å². The number of phenols is 3. The van der Waals surface area contributed by atoms with Gasteiger partial charge in [0, 0.05) is 18.7 Å². The summed E-state index contributed by atoms with van der Waals surface area (Å²) >= 11 is 0. The second kappa shape index (κ2) is 6.51. The van der Waals surface area contributed by atoms with Crippen LogP contribution in [0.3, 0.4) is 0 Å². The molecule has 0 aliphatic rings. The molecule has 0 aliphatic carbocycles. The quantitative estimate of drug-likeness (QED) is 0.439. The van der Waals surface area contributed by atoms with Crippen molar-refractivity contribution in [3.63, 3.8) is 0 Å². The molecule has 0 heterocycles. The molecule has 0 saturated heterocycles. The molecule has 0 radical (unpaired) electrons. The average Bonchev–Trinajstić information content (AvgIpc) is 2.46. The highest BCUT2D eigenvalue weighted by molar-refractivity contribution is 5.90. The van der Waals surface area contributed by atoms with Crippen molar-refractivity contribution in [3.05, 3.63) is 48.0 Å². The predicted octanol–water partition coefficient (Wildman–Crippen LogP) is 2.17. The number of hydrogen-bond donors (Lipinski definition) is 5. The lowest BCUT2D eigenvalue weighted by Crippen LogP contribution is -2.30. The third kappa shape index (κ3) is 4.04. The van der Waals surface area contributed by atoms with E-state index in [2.05, 4.69) is 10.6 Å². The molecule has 0 aromatic heterocycles. The first-order valence-electron chi connectivity index (χ1n) is 6.40. The van der Waals surface area contributed by atoms with Crippen LogP contribution in [0.1, 0.15) is 5.56 Å². The van der Waals surface area contributed by atoms with Crippen molar-refractivity contribution in [3.8, 4) is 17.2 Å². The Morgan fingerprint density at radius 1 is 1.00 bits per heavy atom. The van der Waals surface area contributed by atoms with Gasteiger partial charge in [0.1, 0.15) is 0 Å². The van der Waals surface area contributed by atoms with Gasteiger partial charge in [-0.05, 0) is 12.0 Å². The number of anilines is 1. The van der Waals surface area contributed by atoms with Crippen LogP contribution >= 0.6 is 0 Å². The molecule has 0 bridgehead atoms. The van der Waals surface area contributed by atoms with E-state index in [4.69, 9.17) is 0 Å². The summed E-state index contributed by atoms with van der Waals surface area (Å²) in [5, 5.41) is 33.0. The van der Waals surface area contributed by atoms with Gasteiger partial charge in [0.05, 0.1) is 5.69 Å². The fraction of sp³-hybridized carbons (Fsp3) is 0.133. The molecule has 0 atom stereocenters. The molecular weight excluding hydrogens is 272 g/mol. The Morgan fingerprint density at radius 2 is 1.62 bits per heavy atom. The van der Waals surface area contributed by atoms with Crippen molar-refractivity contribution < 1.29 is 20.1 Å². The summed E-state index contributed by atoms with van der Waals surface area (Å²) in [6.07, 6.45) is 0.695. The molecule has 21 heavy (non-hydrogen) atoms. The maximum absolute atomic E-state index is 11.7. The van der Waals surface area contributed by atoms with E-state index in [9.17, 15) is 20.1 Å². The molecule has 110 valence electrons. The van der Waals surface area contributed by atoms with Crippen molar-refractivity contribution in [2.45, 2.75) is 6.42 Å². The van der Waals surface area contributed by atoms with Crippen molar-refractivity contribution in [2.24, 2.45) is 0 Å². The van der Waals surface area contributed by atoms with Crippen LogP contribution in [0.2, 0.25) is 0 Å². The summed E-state index contributed by atoms with van der Waals surface area (Å²) in [4.78, 5) is 11.7. The molecule has 5 N–H and O–H groups in total. The van der Waals surface area contributed by atoms with Crippen LogP contribution in [-0.4, -0.2) is 27.9 Å². The highest BCUT2D eigenvalue weighted by atomic mass is 16.3. The number of amides is 2. The largest absolute Gasteiger partial charge is 0.504 e. The standard InChI is InChI=1S/C15H16N2O4/c18-12-8-11(9-13(19)14(12)20)17-15(21)16-7-6-10-4-2-1-3-5-10/h1-5,8-9,18-20H,6-7H2,(H2,16,17,21). The number of aromatic hydroxyl groups is 3. The molecule has 0 aliphatic heterocycles. The number of carbonyl (C=O) groups excluding carboxylic acids is 1. The summed E-state index contributed by atoms with van der Waals surface area (Å²) < 4.78 is 0. The first-order valence-corrected chi connectivity index (χ1v) is 6.40. The molecule has 0 saturated carbocycles. The predicted molar refractivity (Wildman–Crippen MR) is 78.6 cm³/mol. The lowest BCUT2D eigenvalue weighted by molar-refractivity contribution is 0.252. The normalized spacial score (nSPS) is 10.1. The summed E-state index contributed by atoms with van der Waals surface area (Å²) in [7, 11) is 0. The maximum Gasteiger partial charge on any atom is 0.319 e. The second-order valence-corrected chi connectivity index (χ2v) is 4.48. The minimum Gasteiger partial charge on any atom is -0.504 e. The van der Waals surface area contributed by atoms with Crippen molar-refractivity contribution >= 4 is 11.7 Å². The molecule has 6 heteroatoms. The molecule has 6 nitrogen and oxygen atoms in total. The van der Waals surface area contributed by atoms with Gasteiger partial charge in [0.2, 0.25) is 0 Å². The zero-order chi connectivity index (χ0) is 15.2. The van der Waals surface area contributed by atoms with Crippen molar-refractivity contribution in [1.82, 2.24) is 5.32 Å². The van der Waals surface area contributed by atoms with Gasteiger partial charge in [-0.15, -0.1) is 0 Å². The zero-order valence-corrected chi connectivity index (χ0v) is 11.2. The SMILES string of the molecule is O=C(NCCc1ccccc1)Nc1cc(O)c(O)c(O)c1. The molecule has 0 spiro atoms. The lowest BCUT2D eigenvalue weighted by Gasteiger charge is -2.09. The molecular formula is C15H16N2O4. The van der Waals surface area contributed by atoms with E-state index in [-0.39, 0.29) is 5.69 Å². The molecule has 2 aromatic carbocycles. The van der Waals surface area contributed by atoms with Crippen LogP contribution < -0.4 is 10.6 Å². The molecule has 0 fully saturated rings. The highest BCUT2D eigenvalue weighted by Gasteiger charge is 2.09. The number of hydrogen-bond acceptors (Lipinski definition) is 4. The Morgan fingerprint density at radius 3 is 2.24 bits per heavy atom. The van der Waals surface area contributed by atoms with Crippen LogP contribution in [0.15, 0.2) is 42.5 Å². The van der Waals surface area contributed by atoms with E-state index in [1.54, 1.807) is 0 Å². The smallest absolute Gasteiger partial charge is 0.319 e. The number of carbonyl (C=O) groups is 1. The monoisotopic (exact) mass is 288 g/mol. The zero-order valence-electron chi connectivity index (χ0n) is 11.2. The van der Waals surface area contributed by atoms with Gasteiger partial charge in [-0.2, -0.15) is 0 Å². The molecule has 2 amide bonds. The van der Waals surface area contributed by atoms with Crippen molar-refractivity contribution in [1.29, 1.82) is 0 Å². The Balaban J connectivity index is 1.85. The van der Waals surface area contributed by atoms with Gasteiger partial charge in [-0.3, -0.25) is 0 Å². The van der Waals surface area contributed by atoms with E-state index >= 15 is 0 Å². The van der Waals surface area contributed by atoms with Crippen LogP contribution in [0.4, 0.5) is 10.5 Å². The van der Waals surface area contributed by atoms with Gasteiger partial charge in [-0.1, -0.05) is 30.3 Å². The van der Waals surface area contributed by atoms with E-state index in [0.29, 0.717) is 13.0 Å². The van der Waals surface area contributed by atoms with Gasteiger partial charge in [0.25, 0.3) is 0 Å². The highest BCUT2D eigenvalue weighted by Crippen LogP contribution is 2.37. The summed E-state index contributed by atoms with van der Waals surface area (Å²) in [5.74, 6) is -1.63. The number of nitrogens with one attached hydrogen (secondary N) is 2. The average molecular weight is 288 g/mol. The Kier molecular flexibility index (Phi) is 4.50. The molecule has 2 aromatic rings. The number of phenolic OH excluding ortho intramolecular Hbond substituents is 3. The Hall–Kier alpha value is -2.89. The Bertz CT molecular complexity index is 606. The minimum atomic E-state index is -0.620. The van der Waals surface area contributed by atoms with E-state index < -0.39 is 23.3 Å². The first-order chi connectivity index (χ1) is 10.1. The Labute approximate surface area is 121 Å². The van der Waals surface area contributed by atoms with Gasteiger partial charge < -0.3 is 26.0 Å². The topological polar surface area (TPSA) is 102 Å².